The van der Waals surface area contributed by atoms with Crippen LogP contribution >= 0.6 is 0 Å². The van der Waals surface area contributed by atoms with E-state index >= 15 is 0 Å². The van der Waals surface area contributed by atoms with Crippen LogP contribution in [0, 0.1) is 0 Å². The third-order valence-corrected chi connectivity index (χ3v) is 1.11. The van der Waals surface area contributed by atoms with Gasteiger partial charge in [0.05, 0.1) is 11.8 Å². The van der Waals surface area contributed by atoms with E-state index in [1.807, 2.05) is 0 Å². The van der Waals surface area contributed by atoms with Crippen LogP contribution in [-0.4, -0.2) is 28.6 Å². The Morgan fingerprint density at radius 2 is 2.23 bits per heavy atom. The number of H-pyrrole nitrogens is 1. The average Bonchev–Trinajstić information content (AvgIpc) is 2.55. The Balaban J connectivity index is 2.57. The molecule has 1 aromatic heterocycles. The quantitative estimate of drug-likeness (QED) is 0.539. The van der Waals surface area contributed by atoms with Gasteiger partial charge in [-0.2, -0.15) is 13.9 Å². The Labute approximate surface area is 70.7 Å². The van der Waals surface area contributed by atoms with E-state index in [1.54, 1.807) is 0 Å². The lowest BCUT2D eigenvalue weighted by atomic mass is 10.4. The molecule has 13 heavy (non-hydrogen) atoms. The molecule has 0 bridgehead atoms. The molecule has 0 aliphatic rings. The van der Waals surface area contributed by atoms with Gasteiger partial charge in [0.25, 0.3) is 0 Å². The number of hydrogen-bond acceptors (Lipinski definition) is 4. The van der Waals surface area contributed by atoms with Gasteiger partial charge >= 0.3 is 18.4 Å². The van der Waals surface area contributed by atoms with Crippen LogP contribution in [-0.2, 0) is 9.53 Å². The van der Waals surface area contributed by atoms with Gasteiger partial charge in [-0.05, 0) is 0 Å². The molecule has 0 aliphatic heterocycles. The largest absolute Gasteiger partial charge is 0.385 e. The Bertz CT molecular complexity index is 310. The van der Waals surface area contributed by atoms with Crippen molar-refractivity contribution in [1.29, 1.82) is 0 Å². The summed E-state index contributed by atoms with van der Waals surface area (Å²) < 4.78 is 26.9. The van der Waals surface area contributed by atoms with Crippen LogP contribution in [0.1, 0.15) is 10.4 Å². The summed E-state index contributed by atoms with van der Waals surface area (Å²) >= 11 is 0. The molecule has 0 aromatic carbocycles. The van der Waals surface area contributed by atoms with Crippen LogP contribution in [0.4, 0.5) is 8.78 Å². The van der Waals surface area contributed by atoms with Gasteiger partial charge in [0, 0.05) is 6.20 Å². The van der Waals surface area contributed by atoms with Crippen LogP contribution in [0.3, 0.4) is 0 Å². The van der Waals surface area contributed by atoms with E-state index in [4.69, 9.17) is 0 Å². The number of carbonyl (C=O) groups excluding carboxylic acids is 2. The number of halogens is 2. The lowest BCUT2D eigenvalue weighted by Crippen LogP contribution is -2.18. The first-order valence-electron chi connectivity index (χ1n) is 3.14. The summed E-state index contributed by atoms with van der Waals surface area (Å²) in [7, 11) is 0. The van der Waals surface area contributed by atoms with Crippen LogP contribution in [0.5, 0.6) is 0 Å². The molecule has 0 fully saturated rings. The van der Waals surface area contributed by atoms with Crippen LogP contribution in [0.25, 0.3) is 0 Å². The molecular weight excluding hydrogens is 186 g/mol. The molecule has 1 rings (SSSR count). The van der Waals surface area contributed by atoms with Crippen molar-refractivity contribution in [2.75, 3.05) is 0 Å². The fourth-order valence-corrected chi connectivity index (χ4v) is 0.557. The maximum absolute atomic E-state index is 11.6. The minimum absolute atomic E-state index is 0.0889. The number of ether oxygens (including phenoxy) is 1. The number of aromatic nitrogens is 2. The molecule has 1 heterocycles. The monoisotopic (exact) mass is 190 g/mol. The highest BCUT2D eigenvalue weighted by Gasteiger charge is 2.22. The number of esters is 2. The van der Waals surface area contributed by atoms with Crippen molar-refractivity contribution in [3.05, 3.63) is 18.0 Å². The zero-order valence-electron chi connectivity index (χ0n) is 6.16. The SMILES string of the molecule is O=C(OC(=O)C(F)F)c1cn[nH]c1. The standard InChI is InChI=1S/C6H4F2N2O3/c7-4(8)6(12)13-5(11)3-1-9-10-2-3/h1-2,4H,(H,9,10). The molecule has 0 saturated carbocycles. The van der Waals surface area contributed by atoms with Crippen molar-refractivity contribution < 1.29 is 23.1 Å². The number of hydrogen-bond donors (Lipinski definition) is 1. The van der Waals surface area contributed by atoms with Gasteiger partial charge in [0.1, 0.15) is 0 Å². The summed E-state index contributed by atoms with van der Waals surface area (Å²) in [6.07, 6.45) is -1.13. The predicted octanol–water partition coefficient (Wildman–Crippen LogP) is 0.358. The fourth-order valence-electron chi connectivity index (χ4n) is 0.557. The van der Waals surface area contributed by atoms with E-state index < -0.39 is 18.4 Å². The van der Waals surface area contributed by atoms with Crippen molar-refractivity contribution in [3.8, 4) is 0 Å². The van der Waals surface area contributed by atoms with Crippen molar-refractivity contribution in [2.24, 2.45) is 0 Å². The minimum Gasteiger partial charge on any atom is -0.385 e. The van der Waals surface area contributed by atoms with Crippen molar-refractivity contribution in [3.63, 3.8) is 0 Å². The predicted molar refractivity (Wildman–Crippen MR) is 35.0 cm³/mol. The van der Waals surface area contributed by atoms with Gasteiger partial charge in [-0.15, -0.1) is 0 Å². The molecule has 0 unspecified atom stereocenters. The zero-order valence-corrected chi connectivity index (χ0v) is 6.16. The lowest BCUT2D eigenvalue weighted by Gasteiger charge is -1.98. The first-order valence-corrected chi connectivity index (χ1v) is 3.14. The highest BCUT2D eigenvalue weighted by molar-refractivity contribution is 5.97. The maximum atomic E-state index is 11.6. The molecule has 0 atom stereocenters. The highest BCUT2D eigenvalue weighted by Crippen LogP contribution is 2.01. The van der Waals surface area contributed by atoms with Gasteiger partial charge in [0.15, 0.2) is 0 Å². The number of nitrogens with zero attached hydrogens (tertiary/aromatic N) is 1. The molecular formula is C6H4F2N2O3. The average molecular weight is 190 g/mol. The molecule has 5 nitrogen and oxygen atoms in total. The summed E-state index contributed by atoms with van der Waals surface area (Å²) in [5, 5.41) is 5.63. The molecule has 7 heteroatoms. The van der Waals surface area contributed by atoms with E-state index in [0.29, 0.717) is 0 Å². The Morgan fingerprint density at radius 3 is 2.69 bits per heavy atom. The van der Waals surface area contributed by atoms with Crippen molar-refractivity contribution >= 4 is 11.9 Å². The normalized spacial score (nSPS) is 10.1. The summed E-state index contributed by atoms with van der Waals surface area (Å²) in [6.45, 7) is 0. The van der Waals surface area contributed by atoms with E-state index in [1.165, 1.54) is 0 Å². The molecule has 1 N–H and O–H groups in total. The zero-order chi connectivity index (χ0) is 9.84. The second-order valence-corrected chi connectivity index (χ2v) is 2.00. The first kappa shape index (κ1) is 9.30. The topological polar surface area (TPSA) is 72.1 Å². The molecule has 1 aromatic rings. The number of carbonyl (C=O) groups is 2. The molecule has 0 spiro atoms. The second-order valence-electron chi connectivity index (χ2n) is 2.00. The number of alkyl halides is 2. The van der Waals surface area contributed by atoms with Gasteiger partial charge in [-0.1, -0.05) is 0 Å². The van der Waals surface area contributed by atoms with Gasteiger partial charge in [-0.25, -0.2) is 9.59 Å². The number of nitrogens with one attached hydrogen (secondary N) is 1. The number of rotatable bonds is 2. The Morgan fingerprint density at radius 1 is 1.54 bits per heavy atom. The second kappa shape index (κ2) is 3.74. The summed E-state index contributed by atoms with van der Waals surface area (Å²) in [4.78, 5) is 21.0. The van der Waals surface area contributed by atoms with Crippen LogP contribution in [0.15, 0.2) is 12.4 Å². The third-order valence-electron chi connectivity index (χ3n) is 1.11. The summed E-state index contributed by atoms with van der Waals surface area (Å²) in [5.41, 5.74) is -0.0889. The third kappa shape index (κ3) is 2.32. The van der Waals surface area contributed by atoms with Gasteiger partial charge < -0.3 is 4.74 Å². The van der Waals surface area contributed by atoms with Crippen LogP contribution in [0.2, 0.25) is 0 Å². The smallest absolute Gasteiger partial charge is 0.381 e. The molecule has 0 aliphatic carbocycles. The van der Waals surface area contributed by atoms with Gasteiger partial charge in [0.2, 0.25) is 0 Å². The first-order chi connectivity index (χ1) is 6.11. The molecule has 0 amide bonds. The van der Waals surface area contributed by atoms with Crippen LogP contribution < -0.4 is 0 Å². The highest BCUT2D eigenvalue weighted by atomic mass is 19.3. The number of aromatic amines is 1. The van der Waals surface area contributed by atoms with E-state index in [-0.39, 0.29) is 5.56 Å². The maximum Gasteiger partial charge on any atom is 0.381 e. The van der Waals surface area contributed by atoms with E-state index in [9.17, 15) is 18.4 Å². The minimum atomic E-state index is -3.31. The van der Waals surface area contributed by atoms with E-state index in [0.717, 1.165) is 12.4 Å². The van der Waals surface area contributed by atoms with Gasteiger partial charge in [-0.3, -0.25) is 5.10 Å². The Hall–Kier alpha value is -1.79. The summed E-state index contributed by atoms with van der Waals surface area (Å²) in [6, 6.07) is 0. The molecule has 0 saturated heterocycles. The fraction of sp³-hybridized carbons (Fsp3) is 0.167. The Kier molecular flexibility index (Phi) is 2.68. The van der Waals surface area contributed by atoms with Crippen molar-refractivity contribution in [2.45, 2.75) is 6.43 Å². The van der Waals surface area contributed by atoms with Crippen molar-refractivity contribution in [1.82, 2.24) is 10.2 Å². The lowest BCUT2D eigenvalue weighted by molar-refractivity contribution is -0.150. The molecule has 70 valence electrons. The van der Waals surface area contributed by atoms with E-state index in [2.05, 4.69) is 14.9 Å². The summed E-state index contributed by atoms with van der Waals surface area (Å²) in [5.74, 6) is -3.02. The molecule has 0 radical (unpaired) electrons.